The van der Waals surface area contributed by atoms with Crippen molar-refractivity contribution < 1.29 is 0 Å². The van der Waals surface area contributed by atoms with E-state index < -0.39 is 0 Å². The fraction of sp³-hybridized carbons (Fsp3) is 0.0909. The smallest absolute Gasteiger partial charge is 0.106 e. The summed E-state index contributed by atoms with van der Waals surface area (Å²) in [5.41, 5.74) is 8.33. The minimum atomic E-state index is 0.397. The molecule has 3 heteroatoms. The van der Waals surface area contributed by atoms with Crippen LogP contribution in [-0.4, -0.2) is 9.97 Å². The highest BCUT2D eigenvalue weighted by molar-refractivity contribution is 7.80. The summed E-state index contributed by atoms with van der Waals surface area (Å²) in [5, 5.41) is 1.07. The fourth-order valence-electron chi connectivity index (χ4n) is 1.44. The molecule has 2 rings (SSSR count). The number of benzene rings is 1. The van der Waals surface area contributed by atoms with Crippen molar-refractivity contribution in [2.45, 2.75) is 6.92 Å². The summed E-state index contributed by atoms with van der Waals surface area (Å²) in [6.45, 7) is 1.95. The van der Waals surface area contributed by atoms with Gasteiger partial charge in [0.25, 0.3) is 0 Å². The average Bonchev–Trinajstić information content (AvgIpc) is 2.16. The van der Waals surface area contributed by atoms with Gasteiger partial charge in [0.05, 0.1) is 5.52 Å². The van der Waals surface area contributed by atoms with Crippen molar-refractivity contribution in [1.82, 2.24) is 4.98 Å². The maximum absolute atomic E-state index is 5.62. The van der Waals surface area contributed by atoms with Crippen molar-refractivity contribution in [2.24, 2.45) is 5.73 Å². The third-order valence-corrected chi connectivity index (χ3v) is 2.34. The molecule has 0 atom stereocenters. The number of fused-ring (bicyclic) bond motifs is 1. The molecule has 1 aromatic carbocycles. The van der Waals surface area contributed by atoms with Crippen LogP contribution in [0.2, 0.25) is 0 Å². The van der Waals surface area contributed by atoms with Crippen molar-refractivity contribution >= 4 is 28.1 Å². The van der Waals surface area contributed by atoms with Crippen LogP contribution in [0, 0.1) is 6.92 Å². The van der Waals surface area contributed by atoms with Crippen LogP contribution < -0.4 is 5.73 Å². The van der Waals surface area contributed by atoms with Gasteiger partial charge in [0.15, 0.2) is 0 Å². The molecule has 0 saturated heterocycles. The number of hydrogen-bond acceptors (Lipinski definition) is 2. The van der Waals surface area contributed by atoms with Crippen LogP contribution in [0.5, 0.6) is 0 Å². The van der Waals surface area contributed by atoms with Gasteiger partial charge in [-0.25, -0.2) is 0 Å². The zero-order valence-corrected chi connectivity index (χ0v) is 8.64. The van der Waals surface area contributed by atoms with Crippen LogP contribution >= 0.6 is 12.2 Å². The van der Waals surface area contributed by atoms with Gasteiger partial charge >= 0.3 is 0 Å². The molecule has 0 unspecified atom stereocenters. The van der Waals surface area contributed by atoms with E-state index in [1.54, 1.807) is 0 Å². The molecule has 0 radical (unpaired) electrons. The van der Waals surface area contributed by atoms with Crippen LogP contribution in [-0.2, 0) is 0 Å². The van der Waals surface area contributed by atoms with Gasteiger partial charge in [0.1, 0.15) is 4.99 Å². The van der Waals surface area contributed by atoms with Crippen molar-refractivity contribution in [3.8, 4) is 0 Å². The number of aryl methyl sites for hydroxylation is 1. The molecule has 1 heterocycles. The Balaban J connectivity index is 2.84. The normalized spacial score (nSPS) is 10.4. The van der Waals surface area contributed by atoms with Crippen molar-refractivity contribution in [3.63, 3.8) is 0 Å². The molecule has 0 aliphatic heterocycles. The summed E-state index contributed by atoms with van der Waals surface area (Å²) in [4.78, 5) is 4.83. The van der Waals surface area contributed by atoms with Crippen LogP contribution in [0.4, 0.5) is 0 Å². The monoisotopic (exact) mass is 202 g/mol. The molecule has 0 aliphatic carbocycles. The van der Waals surface area contributed by atoms with E-state index in [4.69, 9.17) is 18.0 Å². The molecule has 0 aliphatic rings. The third kappa shape index (κ3) is 1.46. The first kappa shape index (κ1) is 9.09. The Bertz CT molecular complexity index is 506. The maximum atomic E-state index is 5.62. The first-order chi connectivity index (χ1) is 6.68. The molecular formula is C11H10N2S. The Labute approximate surface area is 87.8 Å². The predicted molar refractivity (Wildman–Crippen MR) is 62.4 cm³/mol. The Hall–Kier alpha value is -1.48. The predicted octanol–water partition coefficient (Wildman–Crippen LogP) is 2.18. The van der Waals surface area contributed by atoms with E-state index in [2.05, 4.69) is 4.98 Å². The van der Waals surface area contributed by atoms with Gasteiger partial charge < -0.3 is 5.73 Å². The zero-order chi connectivity index (χ0) is 10.1. The molecule has 1 aromatic heterocycles. The Kier molecular flexibility index (Phi) is 2.17. The summed E-state index contributed by atoms with van der Waals surface area (Å²) < 4.78 is 0. The summed E-state index contributed by atoms with van der Waals surface area (Å²) in [7, 11) is 0. The highest BCUT2D eigenvalue weighted by Crippen LogP contribution is 2.16. The lowest BCUT2D eigenvalue weighted by molar-refractivity contribution is 1.25. The van der Waals surface area contributed by atoms with Gasteiger partial charge in [0, 0.05) is 16.6 Å². The number of aromatic nitrogens is 1. The molecule has 14 heavy (non-hydrogen) atoms. The Morgan fingerprint density at radius 3 is 2.79 bits per heavy atom. The average molecular weight is 202 g/mol. The number of nitrogens with two attached hydrogens (primary N) is 1. The summed E-state index contributed by atoms with van der Waals surface area (Å²) in [5.74, 6) is 0. The van der Waals surface area contributed by atoms with Gasteiger partial charge in [0.2, 0.25) is 0 Å². The minimum absolute atomic E-state index is 0.397. The molecule has 0 saturated carbocycles. The molecule has 0 amide bonds. The largest absolute Gasteiger partial charge is 0.389 e. The number of para-hydroxylation sites is 1. The fourth-order valence-corrected chi connectivity index (χ4v) is 1.61. The van der Waals surface area contributed by atoms with E-state index in [0.717, 1.165) is 22.2 Å². The molecule has 0 spiro atoms. The van der Waals surface area contributed by atoms with Gasteiger partial charge in [-0.2, -0.15) is 0 Å². The third-order valence-electron chi connectivity index (χ3n) is 2.12. The molecule has 2 aromatic rings. The molecular weight excluding hydrogens is 192 g/mol. The van der Waals surface area contributed by atoms with Gasteiger partial charge in [-0.1, -0.05) is 30.4 Å². The highest BCUT2D eigenvalue weighted by atomic mass is 32.1. The van der Waals surface area contributed by atoms with Crippen molar-refractivity contribution in [2.75, 3.05) is 0 Å². The topological polar surface area (TPSA) is 38.9 Å². The lowest BCUT2D eigenvalue weighted by Gasteiger charge is -2.04. The summed E-state index contributed by atoms with van der Waals surface area (Å²) in [6, 6.07) is 9.85. The standard InChI is InChI=1S/C11H10N2S/c1-7-5-6-8-3-2-4-9(11(12)14)10(8)13-7/h2-6H,1H3,(H2,12,14). The van der Waals surface area contributed by atoms with E-state index >= 15 is 0 Å². The maximum Gasteiger partial charge on any atom is 0.106 e. The summed E-state index contributed by atoms with van der Waals surface area (Å²) in [6.07, 6.45) is 0. The second kappa shape index (κ2) is 3.35. The number of hydrogen-bond donors (Lipinski definition) is 1. The highest BCUT2D eigenvalue weighted by Gasteiger charge is 2.03. The van der Waals surface area contributed by atoms with Crippen LogP contribution in [0.1, 0.15) is 11.3 Å². The quantitative estimate of drug-likeness (QED) is 0.720. The van der Waals surface area contributed by atoms with Crippen LogP contribution in [0.15, 0.2) is 30.3 Å². The van der Waals surface area contributed by atoms with Crippen molar-refractivity contribution in [1.29, 1.82) is 0 Å². The number of thiocarbonyl (C=S) groups is 1. The zero-order valence-electron chi connectivity index (χ0n) is 7.82. The van der Waals surface area contributed by atoms with E-state index in [9.17, 15) is 0 Å². The molecule has 0 fully saturated rings. The first-order valence-electron chi connectivity index (χ1n) is 4.34. The lowest BCUT2D eigenvalue weighted by atomic mass is 10.1. The van der Waals surface area contributed by atoms with Gasteiger partial charge in [-0.15, -0.1) is 0 Å². The van der Waals surface area contributed by atoms with E-state index in [1.807, 2.05) is 37.3 Å². The SMILES string of the molecule is Cc1ccc2cccc(C(N)=S)c2n1. The molecule has 70 valence electrons. The number of rotatable bonds is 1. The summed E-state index contributed by atoms with van der Waals surface area (Å²) >= 11 is 4.97. The van der Waals surface area contributed by atoms with E-state index in [0.29, 0.717) is 4.99 Å². The van der Waals surface area contributed by atoms with E-state index in [1.165, 1.54) is 0 Å². The molecule has 2 nitrogen and oxygen atoms in total. The molecule has 2 N–H and O–H groups in total. The minimum Gasteiger partial charge on any atom is -0.389 e. The lowest BCUT2D eigenvalue weighted by Crippen LogP contribution is -2.10. The number of pyridine rings is 1. The van der Waals surface area contributed by atoms with Gasteiger partial charge in [-0.05, 0) is 19.1 Å². The van der Waals surface area contributed by atoms with Crippen LogP contribution in [0.3, 0.4) is 0 Å². The first-order valence-corrected chi connectivity index (χ1v) is 4.75. The molecule has 0 bridgehead atoms. The Morgan fingerprint density at radius 2 is 2.07 bits per heavy atom. The second-order valence-corrected chi connectivity index (χ2v) is 3.63. The number of nitrogens with zero attached hydrogens (tertiary/aromatic N) is 1. The van der Waals surface area contributed by atoms with Crippen molar-refractivity contribution in [3.05, 3.63) is 41.6 Å². The second-order valence-electron chi connectivity index (χ2n) is 3.19. The van der Waals surface area contributed by atoms with Crippen LogP contribution in [0.25, 0.3) is 10.9 Å². The van der Waals surface area contributed by atoms with E-state index in [-0.39, 0.29) is 0 Å². The Morgan fingerprint density at radius 1 is 1.29 bits per heavy atom. The van der Waals surface area contributed by atoms with Gasteiger partial charge in [-0.3, -0.25) is 4.98 Å².